The van der Waals surface area contributed by atoms with Crippen LogP contribution in [0.1, 0.15) is 4.88 Å². The Labute approximate surface area is 140 Å². The Morgan fingerprint density at radius 2 is 2.04 bits per heavy atom. The van der Waals surface area contributed by atoms with Crippen LogP contribution in [0.5, 0.6) is 11.5 Å². The summed E-state index contributed by atoms with van der Waals surface area (Å²) in [5.74, 6) is 1.99. The summed E-state index contributed by atoms with van der Waals surface area (Å²) in [5, 5.41) is 2.48. The summed E-state index contributed by atoms with van der Waals surface area (Å²) in [6.45, 7) is 3.73. The van der Waals surface area contributed by atoms with Crippen LogP contribution in [0.25, 0.3) is 24.0 Å². The van der Waals surface area contributed by atoms with Gasteiger partial charge in [-0.15, -0.1) is 11.3 Å². The lowest BCUT2D eigenvalue weighted by Gasteiger charge is -2.04. The summed E-state index contributed by atoms with van der Waals surface area (Å²) in [5.41, 5.74) is 1.04. The average molecular weight is 335 g/mol. The number of fused-ring (bicyclic) bond motifs is 1. The molecule has 0 radical (unpaired) electrons. The molecule has 0 saturated heterocycles. The number of rotatable bonds is 3. The summed E-state index contributed by atoms with van der Waals surface area (Å²) in [6.07, 6.45) is 3.56. The van der Waals surface area contributed by atoms with Crippen molar-refractivity contribution in [3.8, 4) is 22.9 Å². The maximum atomic E-state index is 12.2. The van der Waals surface area contributed by atoms with E-state index in [0.29, 0.717) is 22.3 Å². The van der Waals surface area contributed by atoms with E-state index < -0.39 is 0 Å². The Morgan fingerprint density at radius 3 is 2.88 bits per heavy atom. The topological polar surface area (TPSA) is 70.8 Å². The van der Waals surface area contributed by atoms with Crippen LogP contribution in [0.3, 0.4) is 0 Å². The monoisotopic (exact) mass is 335 g/mol. The van der Waals surface area contributed by atoms with Crippen molar-refractivity contribution in [1.29, 1.82) is 0 Å². The van der Waals surface area contributed by atoms with Gasteiger partial charge in [0.2, 0.25) is 0 Å². The standard InChI is InChI=1S/C18H13N3O2S/c1-11-19-10-14-13(18(22)21-17(14)20-11)9-16-15(7-8-24-16)23-12-5-3-2-4-6-12/h2-10,19H,1H2,(H,20,21,22). The normalized spacial score (nSPS) is 11.9. The average Bonchev–Trinajstić information content (AvgIpc) is 3.13. The smallest absolute Gasteiger partial charge is 0.257 e. The fourth-order valence-electron chi connectivity index (χ4n) is 2.44. The minimum atomic E-state index is -0.185. The van der Waals surface area contributed by atoms with Crippen LogP contribution in [-0.4, -0.2) is 15.0 Å². The molecule has 0 spiro atoms. The molecule has 1 aromatic carbocycles. The van der Waals surface area contributed by atoms with Crippen LogP contribution in [0.4, 0.5) is 0 Å². The highest BCUT2D eigenvalue weighted by molar-refractivity contribution is 7.11. The first-order chi connectivity index (χ1) is 11.7. The minimum absolute atomic E-state index is 0.185. The highest BCUT2D eigenvalue weighted by atomic mass is 32.1. The maximum Gasteiger partial charge on any atom is 0.257 e. The van der Waals surface area contributed by atoms with Crippen molar-refractivity contribution in [3.05, 3.63) is 73.9 Å². The Bertz CT molecular complexity index is 1130. The molecule has 0 saturated carbocycles. The van der Waals surface area contributed by atoms with E-state index in [2.05, 4.69) is 21.5 Å². The molecule has 1 aromatic heterocycles. The van der Waals surface area contributed by atoms with E-state index in [1.54, 1.807) is 6.20 Å². The molecule has 0 atom stereocenters. The fourth-order valence-corrected chi connectivity index (χ4v) is 3.19. The van der Waals surface area contributed by atoms with Crippen molar-refractivity contribution in [1.82, 2.24) is 15.0 Å². The molecular formula is C18H13N3O2S. The van der Waals surface area contributed by atoms with Gasteiger partial charge in [0.15, 0.2) is 0 Å². The van der Waals surface area contributed by atoms with Gasteiger partial charge in [-0.05, 0) is 29.7 Å². The molecule has 3 heterocycles. The summed E-state index contributed by atoms with van der Waals surface area (Å²) in [4.78, 5) is 23.0. The molecule has 2 N–H and O–H groups in total. The number of hydrogen-bond donors (Lipinski definition) is 2. The third-order valence-corrected chi connectivity index (χ3v) is 4.40. The van der Waals surface area contributed by atoms with Gasteiger partial charge in [0.25, 0.3) is 5.56 Å². The van der Waals surface area contributed by atoms with Crippen molar-refractivity contribution in [2.24, 2.45) is 0 Å². The minimum Gasteiger partial charge on any atom is -0.456 e. The van der Waals surface area contributed by atoms with Gasteiger partial charge < -0.3 is 14.7 Å². The number of hydrogen-bond acceptors (Lipinski definition) is 4. The molecule has 2 aromatic rings. The van der Waals surface area contributed by atoms with Crippen molar-refractivity contribution in [2.75, 3.05) is 0 Å². The number of benzene rings is 1. The number of aromatic nitrogens is 3. The Morgan fingerprint density at radius 1 is 1.21 bits per heavy atom. The van der Waals surface area contributed by atoms with Gasteiger partial charge >= 0.3 is 0 Å². The largest absolute Gasteiger partial charge is 0.456 e. The fraction of sp³-hybridized carbons (Fsp3) is 0. The number of H-pyrrole nitrogens is 2. The SMILES string of the molecule is C=c1nc2[nH]c(=O)c(=Cc3sccc3Oc3ccccc3)c-2c[nH]1. The summed E-state index contributed by atoms with van der Waals surface area (Å²) < 4.78 is 5.90. The van der Waals surface area contributed by atoms with Gasteiger partial charge in [0, 0.05) is 11.8 Å². The van der Waals surface area contributed by atoms with Gasteiger partial charge in [-0.2, -0.15) is 0 Å². The molecule has 0 aliphatic carbocycles. The first-order valence-electron chi connectivity index (χ1n) is 7.29. The van der Waals surface area contributed by atoms with E-state index >= 15 is 0 Å². The maximum absolute atomic E-state index is 12.2. The van der Waals surface area contributed by atoms with Gasteiger partial charge in [-0.1, -0.05) is 24.8 Å². The molecule has 2 aliphatic rings. The molecule has 0 bridgehead atoms. The Kier molecular flexibility index (Phi) is 3.51. The zero-order valence-electron chi connectivity index (χ0n) is 12.6. The van der Waals surface area contributed by atoms with E-state index in [9.17, 15) is 4.79 Å². The molecule has 4 rings (SSSR count). The molecule has 2 aliphatic heterocycles. The van der Waals surface area contributed by atoms with Crippen LogP contribution in [-0.2, 0) is 0 Å². The summed E-state index contributed by atoms with van der Waals surface area (Å²) >= 11 is 1.51. The summed E-state index contributed by atoms with van der Waals surface area (Å²) in [6, 6.07) is 11.4. The molecule has 5 nitrogen and oxygen atoms in total. The van der Waals surface area contributed by atoms with E-state index in [4.69, 9.17) is 4.74 Å². The van der Waals surface area contributed by atoms with Gasteiger partial charge in [-0.25, -0.2) is 4.98 Å². The number of para-hydroxylation sites is 1. The van der Waals surface area contributed by atoms with E-state index in [0.717, 1.165) is 16.2 Å². The Hall–Kier alpha value is -3.12. The van der Waals surface area contributed by atoms with E-state index in [1.165, 1.54) is 11.3 Å². The van der Waals surface area contributed by atoms with Crippen molar-refractivity contribution in [3.63, 3.8) is 0 Å². The van der Waals surface area contributed by atoms with Crippen molar-refractivity contribution < 1.29 is 4.74 Å². The van der Waals surface area contributed by atoms with Gasteiger partial charge in [-0.3, -0.25) is 4.79 Å². The van der Waals surface area contributed by atoms with Gasteiger partial charge in [0.05, 0.1) is 10.1 Å². The van der Waals surface area contributed by atoms with Crippen LogP contribution in [0.2, 0.25) is 0 Å². The zero-order chi connectivity index (χ0) is 16.5. The first kappa shape index (κ1) is 14.5. The quantitative estimate of drug-likeness (QED) is 0.603. The van der Waals surface area contributed by atoms with E-state index in [1.807, 2.05) is 47.9 Å². The lowest BCUT2D eigenvalue weighted by molar-refractivity contribution is 0.484. The summed E-state index contributed by atoms with van der Waals surface area (Å²) in [7, 11) is 0. The second-order valence-corrected chi connectivity index (χ2v) is 6.13. The number of nitrogens with one attached hydrogen (secondary N) is 2. The lowest BCUT2D eigenvalue weighted by Crippen LogP contribution is -2.21. The molecule has 118 valence electrons. The van der Waals surface area contributed by atoms with Crippen LogP contribution >= 0.6 is 11.3 Å². The van der Waals surface area contributed by atoms with Crippen molar-refractivity contribution in [2.45, 2.75) is 0 Å². The Balaban J connectivity index is 1.81. The zero-order valence-corrected chi connectivity index (χ0v) is 13.4. The third-order valence-electron chi connectivity index (χ3n) is 3.56. The highest BCUT2D eigenvalue weighted by Crippen LogP contribution is 2.30. The lowest BCUT2D eigenvalue weighted by atomic mass is 10.2. The van der Waals surface area contributed by atoms with Crippen LogP contribution < -0.4 is 21.0 Å². The van der Waals surface area contributed by atoms with Crippen LogP contribution in [0, 0.1) is 0 Å². The molecule has 6 heteroatoms. The van der Waals surface area contributed by atoms with Crippen molar-refractivity contribution >= 4 is 24.0 Å². The first-order valence-corrected chi connectivity index (χ1v) is 8.17. The second kappa shape index (κ2) is 5.82. The molecule has 0 amide bonds. The van der Waals surface area contributed by atoms with Crippen LogP contribution in [0.15, 0.2) is 52.8 Å². The number of ether oxygens (including phenoxy) is 1. The second-order valence-electron chi connectivity index (χ2n) is 5.19. The number of thiophene rings is 1. The highest BCUT2D eigenvalue weighted by Gasteiger charge is 2.12. The number of aromatic amines is 2. The molecule has 24 heavy (non-hydrogen) atoms. The van der Waals surface area contributed by atoms with Gasteiger partial charge in [0.1, 0.15) is 22.8 Å². The molecule has 0 fully saturated rings. The molecule has 0 unspecified atom stereocenters. The number of nitrogens with zero attached hydrogens (tertiary/aromatic N) is 1. The third kappa shape index (κ3) is 2.63. The molecular weight excluding hydrogens is 322 g/mol. The predicted octanol–water partition coefficient (Wildman–Crippen LogP) is 2.30. The predicted molar refractivity (Wildman–Crippen MR) is 95.0 cm³/mol. The van der Waals surface area contributed by atoms with E-state index in [-0.39, 0.29) is 5.56 Å².